The van der Waals surface area contributed by atoms with Gasteiger partial charge in [0.15, 0.2) is 0 Å². The molecule has 1 atom stereocenters. The predicted octanol–water partition coefficient (Wildman–Crippen LogP) is 2.86. The van der Waals surface area contributed by atoms with Crippen molar-refractivity contribution in [2.24, 2.45) is 0 Å². The lowest BCUT2D eigenvalue weighted by atomic mass is 10.1. The van der Waals surface area contributed by atoms with Gasteiger partial charge in [-0.3, -0.25) is 4.21 Å². The van der Waals surface area contributed by atoms with Crippen molar-refractivity contribution in [3.8, 4) is 0 Å². The van der Waals surface area contributed by atoms with Crippen LogP contribution in [0, 0.1) is 0 Å². The fourth-order valence-corrected chi connectivity index (χ4v) is 4.74. The fourth-order valence-electron chi connectivity index (χ4n) is 2.46. The highest BCUT2D eigenvalue weighted by Crippen LogP contribution is 2.27. The summed E-state index contributed by atoms with van der Waals surface area (Å²) < 4.78 is 12.6. The van der Waals surface area contributed by atoms with E-state index in [1.807, 2.05) is 6.07 Å². The number of hydrogen-bond acceptors (Lipinski definition) is 4. The van der Waals surface area contributed by atoms with Gasteiger partial charge >= 0.3 is 0 Å². The van der Waals surface area contributed by atoms with Gasteiger partial charge in [-0.1, -0.05) is 12.1 Å². The predicted molar refractivity (Wildman–Crippen MR) is 82.1 cm³/mol. The summed E-state index contributed by atoms with van der Waals surface area (Å²) in [5, 5.41) is 4.78. The van der Waals surface area contributed by atoms with Gasteiger partial charge in [-0.2, -0.15) is 0 Å². The number of hydrogen-bond donors (Lipinski definition) is 1. The van der Waals surface area contributed by atoms with Gasteiger partial charge in [0, 0.05) is 28.3 Å². The molecule has 0 spiro atoms. The monoisotopic (exact) mass is 294 g/mol. The molecule has 0 saturated carbocycles. The van der Waals surface area contributed by atoms with Crippen LogP contribution in [0.3, 0.4) is 0 Å². The average molecular weight is 294 g/mol. The maximum Gasteiger partial charge on any atom is 0.111 e. The summed E-state index contributed by atoms with van der Waals surface area (Å²) in [5.74, 6) is 1.68. The van der Waals surface area contributed by atoms with Gasteiger partial charge in [0.1, 0.15) is 5.01 Å². The number of rotatable bonds is 3. The number of aromatic nitrogens is 1. The third kappa shape index (κ3) is 3.04. The molecule has 3 nitrogen and oxygen atoms in total. The molecule has 1 aliphatic heterocycles. The molecule has 1 saturated heterocycles. The summed E-state index contributed by atoms with van der Waals surface area (Å²) in [6.07, 6.45) is 2.03. The molecule has 1 N–H and O–H groups in total. The van der Waals surface area contributed by atoms with Crippen LogP contribution in [0.2, 0.25) is 0 Å². The molecule has 19 heavy (non-hydrogen) atoms. The van der Waals surface area contributed by atoms with Gasteiger partial charge in [0.25, 0.3) is 0 Å². The lowest BCUT2D eigenvalue weighted by Gasteiger charge is -2.25. The standard InChI is InChI=1S/C14H18N2OS2/c1-10(15-11-6-8-19(17)9-7-11)14-16-12-4-2-3-5-13(12)18-14/h2-5,10-11,15H,6-9H2,1H3. The van der Waals surface area contributed by atoms with Crippen molar-refractivity contribution in [3.05, 3.63) is 29.3 Å². The average Bonchev–Trinajstić information content (AvgIpc) is 2.85. The van der Waals surface area contributed by atoms with E-state index < -0.39 is 10.8 Å². The molecule has 1 fully saturated rings. The quantitative estimate of drug-likeness (QED) is 0.946. The SMILES string of the molecule is CC(NC1CCS(=O)CC1)c1nc2ccccc2s1. The van der Waals surface area contributed by atoms with Gasteiger partial charge in [-0.15, -0.1) is 11.3 Å². The Morgan fingerprint density at radius 3 is 2.84 bits per heavy atom. The van der Waals surface area contributed by atoms with Crippen molar-refractivity contribution in [2.75, 3.05) is 11.5 Å². The molecule has 0 bridgehead atoms. The van der Waals surface area contributed by atoms with E-state index in [1.54, 1.807) is 11.3 Å². The molecule has 2 heterocycles. The van der Waals surface area contributed by atoms with Crippen molar-refractivity contribution in [1.82, 2.24) is 10.3 Å². The zero-order valence-electron chi connectivity index (χ0n) is 11.0. The van der Waals surface area contributed by atoms with E-state index in [0.717, 1.165) is 34.9 Å². The Labute approximate surface area is 119 Å². The molecule has 2 aromatic rings. The van der Waals surface area contributed by atoms with Gasteiger partial charge in [-0.05, 0) is 31.9 Å². The third-order valence-electron chi connectivity index (χ3n) is 3.55. The zero-order chi connectivity index (χ0) is 13.2. The van der Waals surface area contributed by atoms with Crippen LogP contribution in [0.1, 0.15) is 30.8 Å². The first-order chi connectivity index (χ1) is 9.22. The van der Waals surface area contributed by atoms with Crippen LogP contribution in [0.5, 0.6) is 0 Å². The summed E-state index contributed by atoms with van der Waals surface area (Å²) in [6.45, 7) is 2.17. The van der Waals surface area contributed by atoms with Gasteiger partial charge in [0.2, 0.25) is 0 Å². The first-order valence-corrected chi connectivity index (χ1v) is 8.99. The Bertz CT molecular complexity index is 553. The number of fused-ring (bicyclic) bond motifs is 1. The highest BCUT2D eigenvalue weighted by Gasteiger charge is 2.21. The molecule has 102 valence electrons. The molecule has 1 aliphatic rings. The summed E-state index contributed by atoms with van der Waals surface area (Å²) in [7, 11) is -0.586. The van der Waals surface area contributed by atoms with E-state index in [9.17, 15) is 4.21 Å². The molecular formula is C14H18N2OS2. The van der Waals surface area contributed by atoms with E-state index in [0.29, 0.717) is 6.04 Å². The largest absolute Gasteiger partial charge is 0.305 e. The highest BCUT2D eigenvalue weighted by molar-refractivity contribution is 7.85. The highest BCUT2D eigenvalue weighted by atomic mass is 32.2. The minimum atomic E-state index is -0.586. The van der Waals surface area contributed by atoms with Crippen LogP contribution < -0.4 is 5.32 Å². The number of para-hydroxylation sites is 1. The Morgan fingerprint density at radius 1 is 1.37 bits per heavy atom. The maximum atomic E-state index is 11.4. The van der Waals surface area contributed by atoms with E-state index in [1.165, 1.54) is 4.70 Å². The number of benzene rings is 1. The minimum Gasteiger partial charge on any atom is -0.305 e. The minimum absolute atomic E-state index is 0.272. The summed E-state index contributed by atoms with van der Waals surface area (Å²) in [6, 6.07) is 9.02. The first-order valence-electron chi connectivity index (χ1n) is 6.69. The molecule has 1 unspecified atom stereocenters. The first kappa shape index (κ1) is 13.2. The van der Waals surface area contributed by atoms with Crippen LogP contribution in [0.15, 0.2) is 24.3 Å². The van der Waals surface area contributed by atoms with Crippen molar-refractivity contribution in [3.63, 3.8) is 0 Å². The topological polar surface area (TPSA) is 42.0 Å². The van der Waals surface area contributed by atoms with Crippen molar-refractivity contribution >= 4 is 32.4 Å². The lowest BCUT2D eigenvalue weighted by Crippen LogP contribution is -2.37. The number of thiazole rings is 1. The number of nitrogens with zero attached hydrogens (tertiary/aromatic N) is 1. The molecule has 1 aromatic heterocycles. The van der Waals surface area contributed by atoms with Gasteiger partial charge in [-0.25, -0.2) is 4.98 Å². The maximum absolute atomic E-state index is 11.4. The Hall–Kier alpha value is -0.780. The van der Waals surface area contributed by atoms with Crippen molar-refractivity contribution in [2.45, 2.75) is 31.8 Å². The summed E-state index contributed by atoms with van der Waals surface area (Å²) in [4.78, 5) is 4.69. The molecule has 1 aromatic carbocycles. The van der Waals surface area contributed by atoms with Crippen LogP contribution in [0.25, 0.3) is 10.2 Å². The molecule has 0 aliphatic carbocycles. The molecule has 5 heteroatoms. The lowest BCUT2D eigenvalue weighted by molar-refractivity contribution is 0.426. The van der Waals surface area contributed by atoms with E-state index >= 15 is 0 Å². The van der Waals surface area contributed by atoms with Gasteiger partial charge in [0.05, 0.1) is 16.3 Å². The van der Waals surface area contributed by atoms with E-state index in [2.05, 4.69) is 35.4 Å². The van der Waals surface area contributed by atoms with E-state index in [4.69, 9.17) is 0 Å². The molecular weight excluding hydrogens is 276 g/mol. The Balaban J connectivity index is 1.69. The fraction of sp³-hybridized carbons (Fsp3) is 0.500. The van der Waals surface area contributed by atoms with Crippen LogP contribution >= 0.6 is 11.3 Å². The van der Waals surface area contributed by atoms with Gasteiger partial charge < -0.3 is 5.32 Å². The van der Waals surface area contributed by atoms with Crippen molar-refractivity contribution < 1.29 is 4.21 Å². The normalized spacial score (nSPS) is 25.5. The second kappa shape index (κ2) is 5.69. The smallest absolute Gasteiger partial charge is 0.111 e. The van der Waals surface area contributed by atoms with E-state index in [-0.39, 0.29) is 6.04 Å². The van der Waals surface area contributed by atoms with Crippen LogP contribution in [-0.4, -0.2) is 26.7 Å². The summed E-state index contributed by atoms with van der Waals surface area (Å²) >= 11 is 1.76. The van der Waals surface area contributed by atoms with Crippen LogP contribution in [0.4, 0.5) is 0 Å². The Morgan fingerprint density at radius 2 is 2.11 bits per heavy atom. The Kier molecular flexibility index (Phi) is 3.96. The zero-order valence-corrected chi connectivity index (χ0v) is 12.6. The molecule has 0 amide bonds. The molecule has 0 radical (unpaired) electrons. The summed E-state index contributed by atoms with van der Waals surface area (Å²) in [5.41, 5.74) is 1.08. The number of nitrogens with one attached hydrogen (secondary N) is 1. The second-order valence-corrected chi connectivity index (χ2v) is 7.79. The second-order valence-electron chi connectivity index (χ2n) is 5.03. The van der Waals surface area contributed by atoms with Crippen molar-refractivity contribution in [1.29, 1.82) is 0 Å². The third-order valence-corrected chi connectivity index (χ3v) is 6.16. The van der Waals surface area contributed by atoms with Crippen LogP contribution in [-0.2, 0) is 10.8 Å². The molecule has 3 rings (SSSR count).